The molecule has 0 aromatic heterocycles. The minimum Gasteiger partial charge on any atom is -0.213 e. The van der Waals surface area contributed by atoms with Crippen LogP contribution >= 0.6 is 0 Å². The quantitative estimate of drug-likeness (QED) is 0.662. The summed E-state index contributed by atoms with van der Waals surface area (Å²) < 4.78 is 49.4. The zero-order chi connectivity index (χ0) is 13.0. The van der Waals surface area contributed by atoms with Gasteiger partial charge in [0.05, 0.1) is 12.0 Å². The Balaban J connectivity index is 4.41. The van der Waals surface area contributed by atoms with Gasteiger partial charge in [-0.2, -0.15) is 0 Å². The Morgan fingerprint density at radius 2 is 1.62 bits per heavy atom. The van der Waals surface area contributed by atoms with Crippen molar-refractivity contribution < 1.29 is 16.8 Å². The highest BCUT2D eigenvalue weighted by molar-refractivity contribution is 7.89. The summed E-state index contributed by atoms with van der Waals surface area (Å²) in [5.74, 6) is 0.0436. The molecule has 0 spiro atoms. The molecule has 0 fully saturated rings. The van der Waals surface area contributed by atoms with Crippen molar-refractivity contribution >= 4 is 20.0 Å². The molecule has 2 N–H and O–H groups in total. The Hall–Kier alpha value is -0.180. The second-order valence-corrected chi connectivity index (χ2v) is 8.07. The summed E-state index contributed by atoms with van der Waals surface area (Å²) in [6, 6.07) is 0. The van der Waals surface area contributed by atoms with Gasteiger partial charge in [0, 0.05) is 12.1 Å². The second kappa shape index (κ2) is 5.44. The van der Waals surface area contributed by atoms with Gasteiger partial charge < -0.3 is 0 Å². The molecule has 0 aromatic rings. The number of hydrogen-bond acceptors (Lipinski definition) is 4. The van der Waals surface area contributed by atoms with Crippen molar-refractivity contribution in [2.24, 2.45) is 0 Å². The van der Waals surface area contributed by atoms with Crippen LogP contribution in [0.1, 0.15) is 27.2 Å². The second-order valence-electron chi connectivity index (χ2n) is 4.40. The lowest BCUT2D eigenvalue weighted by Gasteiger charge is -2.25. The molecule has 0 amide bonds. The van der Waals surface area contributed by atoms with E-state index >= 15 is 0 Å². The first-order valence-corrected chi connectivity index (χ1v) is 8.48. The van der Waals surface area contributed by atoms with Crippen molar-refractivity contribution in [3.63, 3.8) is 0 Å². The molecule has 0 aliphatic carbocycles. The number of sulfonamides is 2. The van der Waals surface area contributed by atoms with Crippen LogP contribution in [0.25, 0.3) is 0 Å². The highest BCUT2D eigenvalue weighted by Crippen LogP contribution is 2.03. The molecule has 0 atom stereocenters. The van der Waals surface area contributed by atoms with E-state index in [-0.39, 0.29) is 12.3 Å². The van der Waals surface area contributed by atoms with E-state index in [2.05, 4.69) is 9.44 Å². The van der Waals surface area contributed by atoms with Gasteiger partial charge in [0.2, 0.25) is 20.0 Å². The Bertz CT molecular complexity index is 411. The third-order valence-corrected chi connectivity index (χ3v) is 4.12. The minimum absolute atomic E-state index is 0.0302. The van der Waals surface area contributed by atoms with Crippen molar-refractivity contribution in [1.82, 2.24) is 9.44 Å². The molecule has 16 heavy (non-hydrogen) atoms. The SMILES string of the molecule is CCCS(=O)(=O)NCC(C)(C)NS(C)(=O)=O. The fourth-order valence-corrected chi connectivity index (χ4v) is 3.51. The monoisotopic (exact) mass is 272 g/mol. The summed E-state index contributed by atoms with van der Waals surface area (Å²) in [5.41, 5.74) is -0.839. The van der Waals surface area contributed by atoms with Crippen LogP contribution in [0.4, 0.5) is 0 Å². The summed E-state index contributed by atoms with van der Waals surface area (Å²) in [7, 11) is -6.65. The van der Waals surface area contributed by atoms with Crippen LogP contribution in [0.5, 0.6) is 0 Å². The van der Waals surface area contributed by atoms with E-state index in [1.54, 1.807) is 20.8 Å². The molecular weight excluding hydrogens is 252 g/mol. The predicted octanol–water partition coefficient (Wildman–Crippen LogP) is -0.356. The fraction of sp³-hybridized carbons (Fsp3) is 1.00. The van der Waals surface area contributed by atoms with E-state index in [1.807, 2.05) is 0 Å². The predicted molar refractivity (Wildman–Crippen MR) is 64.1 cm³/mol. The van der Waals surface area contributed by atoms with Gasteiger partial charge in [-0.1, -0.05) is 6.92 Å². The van der Waals surface area contributed by atoms with Gasteiger partial charge in [-0.15, -0.1) is 0 Å². The Kier molecular flexibility index (Phi) is 5.37. The van der Waals surface area contributed by atoms with Gasteiger partial charge >= 0.3 is 0 Å². The van der Waals surface area contributed by atoms with Crippen molar-refractivity contribution in [1.29, 1.82) is 0 Å². The summed E-state index contributed by atoms with van der Waals surface area (Å²) in [6.07, 6.45) is 1.56. The zero-order valence-electron chi connectivity index (χ0n) is 10.1. The number of hydrogen-bond donors (Lipinski definition) is 2. The maximum Gasteiger partial charge on any atom is 0.211 e. The van der Waals surface area contributed by atoms with Crippen LogP contribution in [0.3, 0.4) is 0 Å². The first-order valence-electron chi connectivity index (χ1n) is 4.94. The molecule has 6 nitrogen and oxygen atoms in total. The zero-order valence-corrected chi connectivity index (χ0v) is 11.7. The van der Waals surface area contributed by atoms with Crippen molar-refractivity contribution in [2.45, 2.75) is 32.7 Å². The fourth-order valence-electron chi connectivity index (χ4n) is 1.17. The summed E-state index contributed by atoms with van der Waals surface area (Å²) in [6.45, 7) is 5.02. The average molecular weight is 272 g/mol. The van der Waals surface area contributed by atoms with Crippen molar-refractivity contribution in [3.8, 4) is 0 Å². The Labute approximate surface area is 97.9 Å². The standard InChI is InChI=1S/C8H20N2O4S2/c1-5-6-16(13,14)9-7-8(2,3)10-15(4,11)12/h9-10H,5-7H2,1-4H3. The lowest BCUT2D eigenvalue weighted by Crippen LogP contribution is -2.51. The van der Waals surface area contributed by atoms with E-state index in [9.17, 15) is 16.8 Å². The lowest BCUT2D eigenvalue weighted by molar-refractivity contribution is 0.446. The average Bonchev–Trinajstić information content (AvgIpc) is 1.97. The topological polar surface area (TPSA) is 92.3 Å². The molecular formula is C8H20N2O4S2. The Morgan fingerprint density at radius 3 is 2.00 bits per heavy atom. The van der Waals surface area contributed by atoms with Crippen molar-refractivity contribution in [3.05, 3.63) is 0 Å². The van der Waals surface area contributed by atoms with Gasteiger partial charge in [-0.25, -0.2) is 26.3 Å². The third kappa shape index (κ3) is 8.03. The summed E-state index contributed by atoms with van der Waals surface area (Å²) in [5, 5.41) is 0. The van der Waals surface area contributed by atoms with Gasteiger partial charge in [0.1, 0.15) is 0 Å². The molecule has 0 saturated heterocycles. The number of rotatable bonds is 7. The van der Waals surface area contributed by atoms with Gasteiger partial charge in [-0.05, 0) is 20.3 Å². The first-order chi connectivity index (χ1) is 6.97. The summed E-state index contributed by atoms with van der Waals surface area (Å²) in [4.78, 5) is 0. The highest BCUT2D eigenvalue weighted by atomic mass is 32.2. The maximum absolute atomic E-state index is 11.4. The normalized spacial score (nSPS) is 14.0. The molecule has 0 unspecified atom stereocenters. The smallest absolute Gasteiger partial charge is 0.211 e. The molecule has 98 valence electrons. The van der Waals surface area contributed by atoms with Crippen LogP contribution in [-0.4, -0.2) is 40.9 Å². The third-order valence-electron chi connectivity index (χ3n) is 1.67. The molecule has 0 rings (SSSR count). The van der Waals surface area contributed by atoms with E-state index in [4.69, 9.17) is 0 Å². The van der Waals surface area contributed by atoms with E-state index in [0.29, 0.717) is 6.42 Å². The molecule has 0 bridgehead atoms. The molecule has 0 saturated carbocycles. The highest BCUT2D eigenvalue weighted by Gasteiger charge is 2.24. The first kappa shape index (κ1) is 15.8. The molecule has 0 aliphatic rings. The van der Waals surface area contributed by atoms with Crippen LogP contribution < -0.4 is 9.44 Å². The molecule has 8 heteroatoms. The molecule has 0 aromatic carbocycles. The van der Waals surface area contributed by atoms with Gasteiger partial charge in [-0.3, -0.25) is 0 Å². The number of nitrogens with one attached hydrogen (secondary N) is 2. The van der Waals surface area contributed by atoms with Crippen LogP contribution in [0.15, 0.2) is 0 Å². The molecule has 0 radical (unpaired) electrons. The summed E-state index contributed by atoms with van der Waals surface area (Å²) >= 11 is 0. The maximum atomic E-state index is 11.4. The van der Waals surface area contributed by atoms with Crippen molar-refractivity contribution in [2.75, 3.05) is 18.6 Å². The van der Waals surface area contributed by atoms with E-state index in [1.165, 1.54) is 0 Å². The lowest BCUT2D eigenvalue weighted by atomic mass is 10.1. The van der Waals surface area contributed by atoms with E-state index in [0.717, 1.165) is 6.26 Å². The van der Waals surface area contributed by atoms with Crippen LogP contribution in [0.2, 0.25) is 0 Å². The van der Waals surface area contributed by atoms with Crippen LogP contribution in [-0.2, 0) is 20.0 Å². The van der Waals surface area contributed by atoms with Crippen LogP contribution in [0, 0.1) is 0 Å². The minimum atomic E-state index is -3.35. The van der Waals surface area contributed by atoms with E-state index < -0.39 is 25.6 Å². The Morgan fingerprint density at radius 1 is 1.12 bits per heavy atom. The largest absolute Gasteiger partial charge is 0.213 e. The molecule has 0 heterocycles. The van der Waals surface area contributed by atoms with Gasteiger partial charge in [0.25, 0.3) is 0 Å². The van der Waals surface area contributed by atoms with Gasteiger partial charge in [0.15, 0.2) is 0 Å². The molecule has 0 aliphatic heterocycles.